The number of carbonyl (C=O) groups is 2. The van der Waals surface area contributed by atoms with Crippen molar-refractivity contribution < 1.29 is 14.3 Å². The molecule has 0 N–H and O–H groups in total. The van der Waals surface area contributed by atoms with E-state index in [1.54, 1.807) is 13.8 Å². The molecule has 0 rings (SSSR count). The van der Waals surface area contributed by atoms with Gasteiger partial charge in [0.2, 0.25) is 5.24 Å². The quantitative estimate of drug-likeness (QED) is 0.385. The molecule has 0 bridgehead atoms. The highest BCUT2D eigenvalue weighted by Crippen LogP contribution is 2.05. The third-order valence-electron chi connectivity index (χ3n) is 1.00. The van der Waals surface area contributed by atoms with Gasteiger partial charge in [-0.2, -0.15) is 0 Å². The lowest BCUT2D eigenvalue weighted by Crippen LogP contribution is -2.12. The molecule has 0 heterocycles. The van der Waals surface area contributed by atoms with Crippen LogP contribution in [0.2, 0.25) is 0 Å². The van der Waals surface area contributed by atoms with Gasteiger partial charge < -0.3 is 4.74 Å². The van der Waals surface area contributed by atoms with E-state index in [1.807, 2.05) is 0 Å². The lowest BCUT2D eigenvalue weighted by Gasteiger charge is -2.06. The van der Waals surface area contributed by atoms with Crippen LogP contribution in [0, 0.1) is 0 Å². The van der Waals surface area contributed by atoms with Crippen LogP contribution in [0.5, 0.6) is 0 Å². The summed E-state index contributed by atoms with van der Waals surface area (Å²) in [7, 11) is 0. The van der Waals surface area contributed by atoms with Gasteiger partial charge in [-0.1, -0.05) is 6.58 Å². The molecule has 68 valence electrons. The lowest BCUT2D eigenvalue weighted by atomic mass is 10.2. The summed E-state index contributed by atoms with van der Waals surface area (Å²) in [5, 5.41) is -0.698. The minimum absolute atomic E-state index is 0.0577. The van der Waals surface area contributed by atoms with Crippen molar-refractivity contribution in [1.29, 1.82) is 0 Å². The molecule has 0 spiro atoms. The Kier molecular flexibility index (Phi) is 4.59. The largest absolute Gasteiger partial charge is 0.463 e. The lowest BCUT2D eigenvalue weighted by molar-refractivity contribution is -0.146. The van der Waals surface area contributed by atoms with Gasteiger partial charge in [0, 0.05) is 5.57 Å². The zero-order chi connectivity index (χ0) is 9.72. The van der Waals surface area contributed by atoms with Crippen molar-refractivity contribution in [3.05, 3.63) is 12.2 Å². The Morgan fingerprint density at radius 1 is 1.50 bits per heavy atom. The van der Waals surface area contributed by atoms with Crippen molar-refractivity contribution in [2.75, 3.05) is 0 Å². The fourth-order valence-corrected chi connectivity index (χ4v) is 0.615. The molecule has 0 aromatic rings. The first-order chi connectivity index (χ1) is 5.43. The van der Waals surface area contributed by atoms with Gasteiger partial charge in [0.25, 0.3) is 0 Å². The average molecular weight is 191 g/mol. The molecule has 0 saturated carbocycles. The van der Waals surface area contributed by atoms with Crippen LogP contribution in [0.15, 0.2) is 12.2 Å². The molecule has 0 fully saturated rings. The molecule has 0 aromatic carbocycles. The highest BCUT2D eigenvalue weighted by molar-refractivity contribution is 6.67. The summed E-state index contributed by atoms with van der Waals surface area (Å²) >= 11 is 5.06. The molecule has 3 nitrogen and oxygen atoms in total. The highest BCUT2D eigenvalue weighted by Gasteiger charge is 2.11. The Bertz CT molecular complexity index is 208. The minimum Gasteiger partial charge on any atom is -0.463 e. The number of hydrogen-bond acceptors (Lipinski definition) is 3. The van der Waals surface area contributed by atoms with Crippen LogP contribution >= 0.6 is 11.6 Å². The minimum atomic E-state index is -0.698. The molecule has 0 saturated heterocycles. The molecule has 0 atom stereocenters. The maximum atomic E-state index is 10.9. The van der Waals surface area contributed by atoms with Gasteiger partial charge in [0.05, 0.1) is 12.5 Å². The van der Waals surface area contributed by atoms with Gasteiger partial charge >= 0.3 is 5.97 Å². The molecular weight excluding hydrogens is 180 g/mol. The molecule has 4 heteroatoms. The standard InChI is InChI=1S/C8H11ClO3/c1-5(2)12-7(10)4-6(3)8(9)11/h5H,3-4H2,1-2H3. The molecule has 0 aliphatic carbocycles. The van der Waals surface area contributed by atoms with Gasteiger partial charge in [-0.15, -0.1) is 0 Å². The number of ether oxygens (including phenoxy) is 1. The molecule has 0 unspecified atom stereocenters. The van der Waals surface area contributed by atoms with Crippen molar-refractivity contribution in [2.45, 2.75) is 26.4 Å². The predicted octanol–water partition coefficient (Wildman–Crippen LogP) is 1.65. The van der Waals surface area contributed by atoms with Crippen LogP contribution in [-0.4, -0.2) is 17.3 Å². The van der Waals surface area contributed by atoms with E-state index in [9.17, 15) is 9.59 Å². The van der Waals surface area contributed by atoms with E-state index in [0.717, 1.165) is 0 Å². The van der Waals surface area contributed by atoms with Gasteiger partial charge in [-0.25, -0.2) is 0 Å². The Hall–Kier alpha value is -0.830. The van der Waals surface area contributed by atoms with Gasteiger partial charge in [-0.3, -0.25) is 9.59 Å². The second-order valence-corrected chi connectivity index (χ2v) is 2.94. The number of carbonyl (C=O) groups excluding carboxylic acids is 2. The molecule has 0 aromatic heterocycles. The number of rotatable bonds is 4. The van der Waals surface area contributed by atoms with Crippen LogP contribution in [0.1, 0.15) is 20.3 Å². The van der Waals surface area contributed by atoms with Crippen LogP contribution in [0.4, 0.5) is 0 Å². The SMILES string of the molecule is C=C(CC(=O)OC(C)C)C(=O)Cl. The van der Waals surface area contributed by atoms with E-state index in [-0.39, 0.29) is 18.1 Å². The summed E-state index contributed by atoms with van der Waals surface area (Å²) in [5.41, 5.74) is 0.0577. The van der Waals surface area contributed by atoms with Crippen LogP contribution in [-0.2, 0) is 14.3 Å². The van der Waals surface area contributed by atoms with Crippen molar-refractivity contribution in [1.82, 2.24) is 0 Å². The second-order valence-electron chi connectivity index (χ2n) is 2.59. The van der Waals surface area contributed by atoms with Crippen LogP contribution < -0.4 is 0 Å². The molecule has 0 aliphatic rings. The summed E-state index contributed by atoms with van der Waals surface area (Å²) in [6, 6.07) is 0. The Morgan fingerprint density at radius 3 is 2.33 bits per heavy atom. The average Bonchev–Trinajstić information content (AvgIpc) is 1.84. The number of hydrogen-bond donors (Lipinski definition) is 0. The summed E-state index contributed by atoms with van der Waals surface area (Å²) in [5.74, 6) is -0.482. The molecule has 0 radical (unpaired) electrons. The van der Waals surface area contributed by atoms with Gasteiger partial charge in [0.1, 0.15) is 0 Å². The normalized spacial score (nSPS) is 9.67. The Balaban J connectivity index is 3.85. The smallest absolute Gasteiger partial charge is 0.310 e. The second kappa shape index (κ2) is 4.93. The summed E-state index contributed by atoms with van der Waals surface area (Å²) in [4.78, 5) is 21.3. The van der Waals surface area contributed by atoms with E-state index in [2.05, 4.69) is 6.58 Å². The third-order valence-corrected chi connectivity index (χ3v) is 1.27. The first-order valence-corrected chi connectivity index (χ1v) is 3.88. The first-order valence-electron chi connectivity index (χ1n) is 3.50. The van der Waals surface area contributed by atoms with Gasteiger partial charge in [0.15, 0.2) is 0 Å². The van der Waals surface area contributed by atoms with Gasteiger partial charge in [-0.05, 0) is 25.4 Å². The maximum absolute atomic E-state index is 10.9. The van der Waals surface area contributed by atoms with Crippen LogP contribution in [0.25, 0.3) is 0 Å². The predicted molar refractivity (Wildman–Crippen MR) is 45.8 cm³/mol. The van der Waals surface area contributed by atoms with E-state index >= 15 is 0 Å². The maximum Gasteiger partial charge on any atom is 0.310 e. The summed E-state index contributed by atoms with van der Waals surface area (Å²) in [6.45, 7) is 6.77. The molecule has 0 aliphatic heterocycles. The number of halogens is 1. The highest BCUT2D eigenvalue weighted by atomic mass is 35.5. The van der Waals surface area contributed by atoms with Crippen molar-refractivity contribution in [2.24, 2.45) is 0 Å². The molecular formula is C8H11ClO3. The fourth-order valence-electron chi connectivity index (χ4n) is 0.548. The van der Waals surface area contributed by atoms with E-state index in [0.29, 0.717) is 0 Å². The van der Waals surface area contributed by atoms with E-state index in [1.165, 1.54) is 0 Å². The summed E-state index contributed by atoms with van der Waals surface area (Å²) in [6.07, 6.45) is -0.323. The van der Waals surface area contributed by atoms with Crippen LogP contribution in [0.3, 0.4) is 0 Å². The third kappa shape index (κ3) is 4.91. The monoisotopic (exact) mass is 190 g/mol. The fraction of sp³-hybridized carbons (Fsp3) is 0.500. The van der Waals surface area contributed by atoms with Crippen molar-refractivity contribution in [3.63, 3.8) is 0 Å². The topological polar surface area (TPSA) is 43.4 Å². The zero-order valence-electron chi connectivity index (χ0n) is 7.09. The zero-order valence-corrected chi connectivity index (χ0v) is 7.85. The summed E-state index contributed by atoms with van der Waals surface area (Å²) < 4.78 is 4.76. The molecule has 12 heavy (non-hydrogen) atoms. The Labute approximate surface area is 76.3 Å². The van der Waals surface area contributed by atoms with E-state index < -0.39 is 11.2 Å². The van der Waals surface area contributed by atoms with Crippen molar-refractivity contribution in [3.8, 4) is 0 Å². The number of esters is 1. The van der Waals surface area contributed by atoms with E-state index in [4.69, 9.17) is 16.3 Å². The van der Waals surface area contributed by atoms with Crippen molar-refractivity contribution >= 4 is 22.8 Å². The Morgan fingerprint density at radius 2 is 2.00 bits per heavy atom. The molecule has 0 amide bonds. The first kappa shape index (κ1) is 11.2.